The van der Waals surface area contributed by atoms with Crippen molar-refractivity contribution in [1.29, 1.82) is 0 Å². The standard InChI is InChI=1S/C17H16F3N3OS/c18-17(19,20)15-2-1-11(7-21-15)16(24)23-9-13(10-23)22-5-3-14-12(8-22)4-6-25-14/h1-2,4,6-7,13H,3,5,8-10H2. The summed E-state index contributed by atoms with van der Waals surface area (Å²) in [6.45, 7) is 3.12. The number of fused-ring (bicyclic) bond motifs is 1. The summed E-state index contributed by atoms with van der Waals surface area (Å²) < 4.78 is 37.6. The van der Waals surface area contributed by atoms with Crippen LogP contribution in [0.25, 0.3) is 0 Å². The Labute approximate surface area is 146 Å². The Morgan fingerprint density at radius 1 is 1.24 bits per heavy atom. The van der Waals surface area contributed by atoms with Crippen LogP contribution in [0.2, 0.25) is 0 Å². The van der Waals surface area contributed by atoms with Crippen LogP contribution in [-0.2, 0) is 19.1 Å². The van der Waals surface area contributed by atoms with Crippen LogP contribution >= 0.6 is 11.3 Å². The lowest BCUT2D eigenvalue weighted by Crippen LogP contribution is -2.61. The molecule has 0 bridgehead atoms. The summed E-state index contributed by atoms with van der Waals surface area (Å²) in [6, 6.07) is 4.53. The molecule has 1 fully saturated rings. The molecule has 0 spiro atoms. The van der Waals surface area contributed by atoms with Gasteiger partial charge in [0.25, 0.3) is 5.91 Å². The van der Waals surface area contributed by atoms with Crippen LogP contribution in [0.3, 0.4) is 0 Å². The molecule has 8 heteroatoms. The van der Waals surface area contributed by atoms with E-state index >= 15 is 0 Å². The van der Waals surface area contributed by atoms with E-state index in [0.29, 0.717) is 19.1 Å². The van der Waals surface area contributed by atoms with Gasteiger partial charge in [0.2, 0.25) is 0 Å². The third-order valence-electron chi connectivity index (χ3n) is 4.80. The highest BCUT2D eigenvalue weighted by molar-refractivity contribution is 7.10. The number of carbonyl (C=O) groups is 1. The van der Waals surface area contributed by atoms with Crippen molar-refractivity contribution in [1.82, 2.24) is 14.8 Å². The van der Waals surface area contributed by atoms with Gasteiger partial charge in [0.1, 0.15) is 5.69 Å². The number of rotatable bonds is 2. The lowest BCUT2D eigenvalue weighted by Gasteiger charge is -2.46. The van der Waals surface area contributed by atoms with Crippen molar-refractivity contribution in [2.45, 2.75) is 25.2 Å². The summed E-state index contributed by atoms with van der Waals surface area (Å²) in [6.07, 6.45) is -2.44. The minimum Gasteiger partial charge on any atom is -0.335 e. The second kappa shape index (κ2) is 6.10. The quantitative estimate of drug-likeness (QED) is 0.819. The van der Waals surface area contributed by atoms with Crippen molar-refractivity contribution in [3.63, 3.8) is 0 Å². The molecule has 0 saturated carbocycles. The number of alkyl halides is 3. The summed E-state index contributed by atoms with van der Waals surface area (Å²) in [5.74, 6) is -0.259. The van der Waals surface area contributed by atoms with Gasteiger partial charge in [0, 0.05) is 43.3 Å². The third-order valence-corrected chi connectivity index (χ3v) is 5.83. The van der Waals surface area contributed by atoms with E-state index in [9.17, 15) is 18.0 Å². The Morgan fingerprint density at radius 3 is 2.72 bits per heavy atom. The van der Waals surface area contributed by atoms with Gasteiger partial charge in [-0.25, -0.2) is 0 Å². The highest BCUT2D eigenvalue weighted by atomic mass is 32.1. The van der Waals surface area contributed by atoms with Gasteiger partial charge in [-0.05, 0) is 35.6 Å². The number of hydrogen-bond acceptors (Lipinski definition) is 4. The molecular formula is C17H16F3N3OS. The Kier molecular flexibility index (Phi) is 4.04. The number of hydrogen-bond donors (Lipinski definition) is 0. The van der Waals surface area contributed by atoms with Crippen LogP contribution in [0, 0.1) is 0 Å². The average molecular weight is 367 g/mol. The molecule has 2 aromatic heterocycles. The van der Waals surface area contributed by atoms with Crippen LogP contribution in [0.15, 0.2) is 29.8 Å². The van der Waals surface area contributed by atoms with Crippen molar-refractivity contribution in [3.8, 4) is 0 Å². The molecule has 0 N–H and O–H groups in total. The molecule has 2 aromatic rings. The lowest BCUT2D eigenvalue weighted by atomic mass is 10.0. The molecular weight excluding hydrogens is 351 g/mol. The van der Waals surface area contributed by atoms with Crippen LogP contribution in [-0.4, -0.2) is 46.4 Å². The topological polar surface area (TPSA) is 36.4 Å². The molecule has 0 atom stereocenters. The van der Waals surface area contributed by atoms with Gasteiger partial charge in [0.05, 0.1) is 5.56 Å². The van der Waals surface area contributed by atoms with Crippen LogP contribution in [0.5, 0.6) is 0 Å². The van der Waals surface area contributed by atoms with Crippen molar-refractivity contribution < 1.29 is 18.0 Å². The fourth-order valence-corrected chi connectivity index (χ4v) is 4.19. The van der Waals surface area contributed by atoms with Gasteiger partial charge in [-0.2, -0.15) is 13.2 Å². The molecule has 2 aliphatic rings. The number of carbonyl (C=O) groups excluding carboxylic acids is 1. The first-order valence-corrected chi connectivity index (χ1v) is 8.91. The van der Waals surface area contributed by atoms with Crippen LogP contribution in [0.4, 0.5) is 13.2 Å². The molecule has 0 unspecified atom stereocenters. The maximum atomic E-state index is 12.5. The first-order valence-electron chi connectivity index (χ1n) is 8.03. The third kappa shape index (κ3) is 3.16. The minimum absolute atomic E-state index is 0.199. The molecule has 25 heavy (non-hydrogen) atoms. The predicted molar refractivity (Wildman–Crippen MR) is 87.4 cm³/mol. The largest absolute Gasteiger partial charge is 0.433 e. The van der Waals surface area contributed by atoms with Crippen molar-refractivity contribution >= 4 is 17.2 Å². The first kappa shape index (κ1) is 16.5. The van der Waals surface area contributed by atoms with Gasteiger partial charge >= 0.3 is 6.18 Å². The summed E-state index contributed by atoms with van der Waals surface area (Å²) in [5.41, 5.74) is 0.587. The summed E-state index contributed by atoms with van der Waals surface area (Å²) in [4.78, 5) is 21.2. The molecule has 2 aliphatic heterocycles. The number of likely N-dealkylation sites (tertiary alicyclic amines) is 1. The average Bonchev–Trinajstić information content (AvgIpc) is 3.00. The van der Waals surface area contributed by atoms with E-state index in [4.69, 9.17) is 0 Å². The number of amides is 1. The van der Waals surface area contributed by atoms with E-state index in [-0.39, 0.29) is 11.5 Å². The van der Waals surface area contributed by atoms with E-state index in [1.165, 1.54) is 16.5 Å². The number of halogens is 3. The van der Waals surface area contributed by atoms with Crippen molar-refractivity contribution in [2.24, 2.45) is 0 Å². The van der Waals surface area contributed by atoms with Crippen molar-refractivity contribution in [3.05, 3.63) is 51.5 Å². The van der Waals surface area contributed by atoms with Gasteiger partial charge in [-0.1, -0.05) is 0 Å². The van der Waals surface area contributed by atoms with Crippen LogP contribution in [0.1, 0.15) is 26.5 Å². The molecule has 132 valence electrons. The molecule has 0 aromatic carbocycles. The highest BCUT2D eigenvalue weighted by Crippen LogP contribution is 2.29. The number of pyridine rings is 1. The van der Waals surface area contributed by atoms with Gasteiger partial charge in [-0.3, -0.25) is 14.7 Å². The molecule has 0 radical (unpaired) electrons. The van der Waals surface area contributed by atoms with E-state index in [2.05, 4.69) is 21.3 Å². The fraction of sp³-hybridized carbons (Fsp3) is 0.412. The second-order valence-electron chi connectivity index (χ2n) is 6.38. The van der Waals surface area contributed by atoms with E-state index in [1.54, 1.807) is 16.2 Å². The summed E-state index contributed by atoms with van der Waals surface area (Å²) >= 11 is 1.79. The molecule has 0 aliphatic carbocycles. The van der Waals surface area contributed by atoms with Crippen molar-refractivity contribution in [2.75, 3.05) is 19.6 Å². The molecule has 4 heterocycles. The lowest BCUT2D eigenvalue weighted by molar-refractivity contribution is -0.141. The monoisotopic (exact) mass is 367 g/mol. The summed E-state index contributed by atoms with van der Waals surface area (Å²) in [7, 11) is 0. The zero-order valence-corrected chi connectivity index (χ0v) is 14.1. The maximum Gasteiger partial charge on any atom is 0.433 e. The predicted octanol–water partition coefficient (Wildman–Crippen LogP) is 3.04. The van der Waals surface area contributed by atoms with Crippen LogP contribution < -0.4 is 0 Å². The minimum atomic E-state index is -4.49. The maximum absolute atomic E-state index is 12.5. The highest BCUT2D eigenvalue weighted by Gasteiger charge is 2.37. The van der Waals surface area contributed by atoms with E-state index in [0.717, 1.165) is 31.8 Å². The zero-order valence-electron chi connectivity index (χ0n) is 13.3. The molecule has 4 nitrogen and oxygen atoms in total. The van der Waals surface area contributed by atoms with E-state index < -0.39 is 11.9 Å². The second-order valence-corrected chi connectivity index (χ2v) is 7.38. The smallest absolute Gasteiger partial charge is 0.335 e. The number of thiophene rings is 1. The van der Waals surface area contributed by atoms with Gasteiger partial charge in [-0.15, -0.1) is 11.3 Å². The Morgan fingerprint density at radius 2 is 2.04 bits per heavy atom. The Bertz CT molecular complexity index is 781. The SMILES string of the molecule is O=C(c1ccc(C(F)(F)F)nc1)N1CC(N2CCc3sccc3C2)C1. The normalized spacial score (nSPS) is 18.8. The molecule has 1 amide bonds. The zero-order chi connectivity index (χ0) is 17.6. The number of nitrogens with zero attached hydrogens (tertiary/aromatic N) is 3. The Hall–Kier alpha value is -1.93. The first-order chi connectivity index (χ1) is 11.9. The van der Waals surface area contributed by atoms with Gasteiger partial charge in [0.15, 0.2) is 0 Å². The van der Waals surface area contributed by atoms with E-state index in [1.807, 2.05) is 0 Å². The Balaban J connectivity index is 1.35. The molecule has 1 saturated heterocycles. The van der Waals surface area contributed by atoms with Gasteiger partial charge < -0.3 is 4.90 Å². The summed E-state index contributed by atoms with van der Waals surface area (Å²) in [5, 5.41) is 2.11. The fourth-order valence-electron chi connectivity index (χ4n) is 3.30. The molecule has 4 rings (SSSR count). The number of aromatic nitrogens is 1.